The summed E-state index contributed by atoms with van der Waals surface area (Å²) in [6.45, 7) is 2.56. The van der Waals surface area contributed by atoms with Gasteiger partial charge in [0.25, 0.3) is 5.69 Å². The van der Waals surface area contributed by atoms with E-state index < -0.39 is 16.7 Å². The molecule has 3 rings (SSSR count). The molecule has 0 saturated heterocycles. The molecule has 0 aliphatic rings. The van der Waals surface area contributed by atoms with E-state index in [-0.39, 0.29) is 22.9 Å². The lowest BCUT2D eigenvalue weighted by Crippen LogP contribution is -2.18. The van der Waals surface area contributed by atoms with Crippen molar-refractivity contribution in [3.05, 3.63) is 69.8 Å². The van der Waals surface area contributed by atoms with Crippen LogP contribution in [0.2, 0.25) is 0 Å². The monoisotopic (exact) mass is 426 g/mol. The quantitative estimate of drug-likeness (QED) is 0.266. The fraction of sp³-hybridized carbons (Fsp3) is 0.200. The maximum atomic E-state index is 13.3. The number of nitrogens with zero attached hydrogens (tertiary/aromatic N) is 4. The van der Waals surface area contributed by atoms with Crippen molar-refractivity contribution in [2.75, 3.05) is 23.7 Å². The number of nitrogens with one attached hydrogen (secondary N) is 2. The number of benzene rings is 1. The highest BCUT2D eigenvalue weighted by molar-refractivity contribution is 5.96. The topological polar surface area (TPSA) is 143 Å². The highest BCUT2D eigenvalue weighted by Crippen LogP contribution is 2.26. The lowest BCUT2D eigenvalue weighted by atomic mass is 10.0. The largest absolute Gasteiger partial charge is 0.478 e. The van der Waals surface area contributed by atoms with Crippen molar-refractivity contribution in [1.82, 2.24) is 15.0 Å². The van der Waals surface area contributed by atoms with Gasteiger partial charge in [-0.1, -0.05) is 6.92 Å². The van der Waals surface area contributed by atoms with Crippen LogP contribution in [0.25, 0.3) is 11.3 Å². The van der Waals surface area contributed by atoms with Gasteiger partial charge in [0, 0.05) is 24.7 Å². The molecule has 2 aromatic heterocycles. The number of rotatable bonds is 9. The third kappa shape index (κ3) is 5.26. The first-order valence-corrected chi connectivity index (χ1v) is 9.37. The summed E-state index contributed by atoms with van der Waals surface area (Å²) in [6.07, 6.45) is 1.53. The number of aromatic nitrogens is 3. The summed E-state index contributed by atoms with van der Waals surface area (Å²) < 4.78 is 13.3. The minimum Gasteiger partial charge on any atom is -0.478 e. The average molecular weight is 426 g/mol. The molecule has 31 heavy (non-hydrogen) atoms. The van der Waals surface area contributed by atoms with Crippen LogP contribution in [-0.2, 0) is 6.42 Å². The number of anilines is 2. The van der Waals surface area contributed by atoms with E-state index in [0.717, 1.165) is 6.20 Å². The number of pyridine rings is 1. The second-order valence-corrected chi connectivity index (χ2v) is 6.40. The van der Waals surface area contributed by atoms with Gasteiger partial charge in [0.1, 0.15) is 23.4 Å². The molecule has 3 N–H and O–H groups in total. The fourth-order valence-electron chi connectivity index (χ4n) is 2.85. The zero-order valence-electron chi connectivity index (χ0n) is 16.5. The first kappa shape index (κ1) is 21.6. The Labute approximate surface area is 176 Å². The molecule has 10 nitrogen and oxygen atoms in total. The van der Waals surface area contributed by atoms with Crippen LogP contribution in [0, 0.1) is 15.9 Å². The number of hydrogen-bond acceptors (Lipinski definition) is 8. The van der Waals surface area contributed by atoms with Crippen molar-refractivity contribution in [3.63, 3.8) is 0 Å². The number of aryl methyl sites for hydroxylation is 1. The van der Waals surface area contributed by atoms with Crippen LogP contribution in [0.3, 0.4) is 0 Å². The third-order valence-corrected chi connectivity index (χ3v) is 4.32. The van der Waals surface area contributed by atoms with Gasteiger partial charge in [-0.3, -0.25) is 10.1 Å². The van der Waals surface area contributed by atoms with Gasteiger partial charge in [0.2, 0.25) is 5.95 Å². The second kappa shape index (κ2) is 9.57. The third-order valence-electron chi connectivity index (χ3n) is 4.32. The van der Waals surface area contributed by atoms with Crippen LogP contribution in [-0.4, -0.2) is 44.0 Å². The molecule has 0 aliphatic heterocycles. The normalized spacial score (nSPS) is 10.5. The number of halogens is 1. The molecule has 3 aromatic rings. The Balaban J connectivity index is 1.75. The number of hydrogen-bond donors (Lipinski definition) is 3. The summed E-state index contributed by atoms with van der Waals surface area (Å²) in [5, 5.41) is 26.3. The average Bonchev–Trinajstić information content (AvgIpc) is 2.76. The molecular weight excluding hydrogens is 407 g/mol. The van der Waals surface area contributed by atoms with Crippen LogP contribution < -0.4 is 10.6 Å². The molecule has 0 radical (unpaired) electrons. The Kier molecular flexibility index (Phi) is 6.65. The predicted molar refractivity (Wildman–Crippen MR) is 112 cm³/mol. The zero-order chi connectivity index (χ0) is 22.4. The minimum atomic E-state index is -1.16. The number of nitro groups is 1. The summed E-state index contributed by atoms with van der Waals surface area (Å²) in [5.74, 6) is -0.890. The number of aromatic carboxylic acids is 1. The summed E-state index contributed by atoms with van der Waals surface area (Å²) in [5.41, 5.74) is 0.900. The van der Waals surface area contributed by atoms with E-state index in [2.05, 4.69) is 25.6 Å². The summed E-state index contributed by atoms with van der Waals surface area (Å²) in [6, 6.07) is 8.26. The van der Waals surface area contributed by atoms with E-state index in [0.29, 0.717) is 36.6 Å². The van der Waals surface area contributed by atoms with E-state index in [1.807, 2.05) is 0 Å². The first-order chi connectivity index (χ1) is 14.9. The number of carbonyl (C=O) groups is 1. The summed E-state index contributed by atoms with van der Waals surface area (Å²) >= 11 is 0. The SMILES string of the molecule is CCc1nc(NCCNc2ccc([N+](=O)[O-])cn2)nc(-c2ccc(F)cc2)c1C(=O)O. The second-order valence-electron chi connectivity index (χ2n) is 6.40. The molecule has 0 aliphatic carbocycles. The first-order valence-electron chi connectivity index (χ1n) is 9.37. The van der Waals surface area contributed by atoms with E-state index in [1.54, 1.807) is 6.92 Å². The van der Waals surface area contributed by atoms with Gasteiger partial charge in [-0.25, -0.2) is 24.1 Å². The van der Waals surface area contributed by atoms with Gasteiger partial charge in [0.15, 0.2) is 0 Å². The van der Waals surface area contributed by atoms with Gasteiger partial charge >= 0.3 is 5.97 Å². The Morgan fingerprint density at radius 2 is 1.84 bits per heavy atom. The predicted octanol–water partition coefficient (Wildman–Crippen LogP) is 3.37. The molecule has 0 amide bonds. The highest BCUT2D eigenvalue weighted by atomic mass is 19.1. The van der Waals surface area contributed by atoms with Crippen LogP contribution in [0.1, 0.15) is 23.0 Å². The molecular formula is C20H19FN6O4. The molecule has 0 spiro atoms. The van der Waals surface area contributed by atoms with Gasteiger partial charge in [-0.2, -0.15) is 0 Å². The lowest BCUT2D eigenvalue weighted by molar-refractivity contribution is -0.385. The highest BCUT2D eigenvalue weighted by Gasteiger charge is 2.20. The number of carboxylic acid groups (broad SMARTS) is 1. The van der Waals surface area contributed by atoms with E-state index in [4.69, 9.17) is 0 Å². The smallest absolute Gasteiger partial charge is 0.339 e. The van der Waals surface area contributed by atoms with Crippen LogP contribution >= 0.6 is 0 Å². The minimum absolute atomic E-state index is 0.0205. The molecule has 0 unspecified atom stereocenters. The Bertz CT molecular complexity index is 1090. The molecule has 160 valence electrons. The molecule has 0 bridgehead atoms. The molecule has 1 aromatic carbocycles. The van der Waals surface area contributed by atoms with Crippen LogP contribution in [0.5, 0.6) is 0 Å². The van der Waals surface area contributed by atoms with Crippen LogP contribution in [0.4, 0.5) is 21.8 Å². The molecule has 0 atom stereocenters. The van der Waals surface area contributed by atoms with E-state index in [1.165, 1.54) is 36.4 Å². The van der Waals surface area contributed by atoms with Crippen molar-refractivity contribution in [2.45, 2.75) is 13.3 Å². The summed E-state index contributed by atoms with van der Waals surface area (Å²) in [4.78, 5) is 34.5. The van der Waals surface area contributed by atoms with Gasteiger partial charge < -0.3 is 15.7 Å². The van der Waals surface area contributed by atoms with Crippen LogP contribution in [0.15, 0.2) is 42.6 Å². The maximum Gasteiger partial charge on any atom is 0.339 e. The van der Waals surface area contributed by atoms with E-state index >= 15 is 0 Å². The standard InChI is InChI=1S/C20H19FN6O4/c1-2-15-17(19(28)29)18(12-3-5-13(21)6-4-12)26-20(25-15)23-10-9-22-16-8-7-14(11-24-16)27(30)31/h3-8,11H,2,9-10H2,1H3,(H,22,24)(H,28,29)(H,23,25,26). The zero-order valence-corrected chi connectivity index (χ0v) is 16.5. The molecule has 11 heteroatoms. The van der Waals surface area contributed by atoms with Crippen molar-refractivity contribution < 1.29 is 19.2 Å². The lowest BCUT2D eigenvalue weighted by Gasteiger charge is -2.13. The van der Waals surface area contributed by atoms with Crippen molar-refractivity contribution in [2.24, 2.45) is 0 Å². The summed E-state index contributed by atoms with van der Waals surface area (Å²) in [7, 11) is 0. The molecule has 0 saturated carbocycles. The van der Waals surface area contributed by atoms with Gasteiger partial charge in [-0.05, 0) is 36.8 Å². The van der Waals surface area contributed by atoms with Crippen molar-refractivity contribution in [3.8, 4) is 11.3 Å². The fourth-order valence-corrected chi connectivity index (χ4v) is 2.85. The molecule has 0 fully saturated rings. The Morgan fingerprint density at radius 3 is 2.42 bits per heavy atom. The van der Waals surface area contributed by atoms with Crippen molar-refractivity contribution in [1.29, 1.82) is 0 Å². The molecule has 2 heterocycles. The Morgan fingerprint density at radius 1 is 1.13 bits per heavy atom. The van der Waals surface area contributed by atoms with Gasteiger partial charge in [-0.15, -0.1) is 0 Å². The maximum absolute atomic E-state index is 13.3. The number of carboxylic acids is 1. The van der Waals surface area contributed by atoms with Gasteiger partial charge in [0.05, 0.1) is 16.3 Å². The Hall–Kier alpha value is -4.15. The van der Waals surface area contributed by atoms with E-state index in [9.17, 15) is 24.4 Å². The van der Waals surface area contributed by atoms with Crippen molar-refractivity contribution >= 4 is 23.4 Å².